The van der Waals surface area contributed by atoms with Crippen LogP contribution in [0.5, 0.6) is 11.5 Å². The smallest absolute Gasteiger partial charge is 0.132 e. The molecule has 2 aromatic carbocycles. The highest BCUT2D eigenvalue weighted by Crippen LogP contribution is 2.30. The van der Waals surface area contributed by atoms with E-state index < -0.39 is 0 Å². The number of ether oxygens (including phenoxy) is 1. The van der Waals surface area contributed by atoms with Crippen LogP contribution < -0.4 is 10.1 Å². The zero-order valence-corrected chi connectivity index (χ0v) is 13.5. The highest BCUT2D eigenvalue weighted by atomic mass is 79.9. The lowest BCUT2D eigenvalue weighted by atomic mass is 10.1. The molecule has 1 N–H and O–H groups in total. The maximum absolute atomic E-state index is 6.02. The summed E-state index contributed by atoms with van der Waals surface area (Å²) in [6.45, 7) is 5.34. The summed E-state index contributed by atoms with van der Waals surface area (Å²) in [4.78, 5) is 0. The van der Waals surface area contributed by atoms with Gasteiger partial charge in [-0.25, -0.2) is 0 Å². The van der Waals surface area contributed by atoms with Gasteiger partial charge in [-0.2, -0.15) is 0 Å². The molecule has 106 valence electrons. The molecule has 0 fully saturated rings. The van der Waals surface area contributed by atoms with Gasteiger partial charge in [-0.05, 0) is 44.2 Å². The zero-order chi connectivity index (χ0) is 14.4. The molecule has 0 aliphatic rings. The molecule has 20 heavy (non-hydrogen) atoms. The third kappa shape index (κ3) is 4.09. The van der Waals surface area contributed by atoms with Gasteiger partial charge >= 0.3 is 0 Å². The number of hydrogen-bond acceptors (Lipinski definition) is 2. The minimum atomic E-state index is 0.276. The summed E-state index contributed by atoms with van der Waals surface area (Å²) in [6.07, 6.45) is 1.12. The molecule has 0 aromatic heterocycles. The summed E-state index contributed by atoms with van der Waals surface area (Å²) in [5.74, 6) is 1.75. The Kier molecular flexibility index (Phi) is 5.62. The molecule has 0 heterocycles. The number of halogens is 1. The first-order valence-electron chi connectivity index (χ1n) is 6.96. The van der Waals surface area contributed by atoms with E-state index in [4.69, 9.17) is 4.74 Å². The van der Waals surface area contributed by atoms with Crippen molar-refractivity contribution >= 4 is 15.9 Å². The van der Waals surface area contributed by atoms with Crippen LogP contribution in [0.4, 0.5) is 0 Å². The van der Waals surface area contributed by atoms with Crippen LogP contribution in [0.25, 0.3) is 0 Å². The van der Waals surface area contributed by atoms with E-state index in [2.05, 4.69) is 41.2 Å². The van der Waals surface area contributed by atoms with Crippen LogP contribution in [0.15, 0.2) is 53.0 Å². The molecule has 2 aromatic rings. The van der Waals surface area contributed by atoms with Crippen LogP contribution >= 0.6 is 15.9 Å². The molecule has 0 saturated carbocycles. The second kappa shape index (κ2) is 7.46. The fraction of sp³-hybridized carbons (Fsp3) is 0.294. The summed E-state index contributed by atoms with van der Waals surface area (Å²) in [6, 6.07) is 16.4. The number of nitrogens with one attached hydrogen (secondary N) is 1. The Morgan fingerprint density at radius 2 is 1.95 bits per heavy atom. The fourth-order valence-electron chi connectivity index (χ4n) is 2.06. The summed E-state index contributed by atoms with van der Waals surface area (Å²) < 4.78 is 7.04. The van der Waals surface area contributed by atoms with Gasteiger partial charge in [0.05, 0.1) is 0 Å². The SMILES string of the molecule is CCCNC(C)c1ccccc1Oc1cccc(Br)c1. The molecule has 1 atom stereocenters. The predicted octanol–water partition coefficient (Wildman–Crippen LogP) is 5.30. The molecule has 0 aliphatic heterocycles. The average Bonchev–Trinajstić information content (AvgIpc) is 2.45. The zero-order valence-electron chi connectivity index (χ0n) is 11.9. The van der Waals surface area contributed by atoms with Crippen molar-refractivity contribution < 1.29 is 4.74 Å². The Bertz CT molecular complexity index is 556. The van der Waals surface area contributed by atoms with Crippen LogP contribution in [0, 0.1) is 0 Å². The van der Waals surface area contributed by atoms with E-state index in [0.29, 0.717) is 0 Å². The number of para-hydroxylation sites is 1. The molecule has 0 saturated heterocycles. The fourth-order valence-corrected chi connectivity index (χ4v) is 2.44. The molecule has 0 spiro atoms. The lowest BCUT2D eigenvalue weighted by molar-refractivity contribution is 0.460. The van der Waals surface area contributed by atoms with Crippen molar-refractivity contribution in [2.75, 3.05) is 6.54 Å². The molecule has 0 amide bonds. The Balaban J connectivity index is 2.19. The van der Waals surface area contributed by atoms with Crippen molar-refractivity contribution in [3.63, 3.8) is 0 Å². The van der Waals surface area contributed by atoms with Gasteiger partial charge in [0, 0.05) is 16.1 Å². The normalized spacial score (nSPS) is 12.2. The van der Waals surface area contributed by atoms with Crippen molar-refractivity contribution in [1.82, 2.24) is 5.32 Å². The van der Waals surface area contributed by atoms with Crippen molar-refractivity contribution in [2.45, 2.75) is 26.3 Å². The Morgan fingerprint density at radius 3 is 2.70 bits per heavy atom. The van der Waals surface area contributed by atoms with Crippen LogP contribution in [0.3, 0.4) is 0 Å². The van der Waals surface area contributed by atoms with Gasteiger partial charge in [-0.1, -0.05) is 47.1 Å². The van der Waals surface area contributed by atoms with Gasteiger partial charge in [0.1, 0.15) is 11.5 Å². The number of benzene rings is 2. The van der Waals surface area contributed by atoms with E-state index in [1.54, 1.807) is 0 Å². The van der Waals surface area contributed by atoms with Gasteiger partial charge < -0.3 is 10.1 Å². The van der Waals surface area contributed by atoms with E-state index in [-0.39, 0.29) is 6.04 Å². The van der Waals surface area contributed by atoms with E-state index >= 15 is 0 Å². The highest BCUT2D eigenvalue weighted by molar-refractivity contribution is 9.10. The largest absolute Gasteiger partial charge is 0.457 e. The van der Waals surface area contributed by atoms with E-state index in [9.17, 15) is 0 Å². The van der Waals surface area contributed by atoms with Gasteiger partial charge in [-0.15, -0.1) is 0 Å². The van der Waals surface area contributed by atoms with Gasteiger partial charge in [0.2, 0.25) is 0 Å². The van der Waals surface area contributed by atoms with Gasteiger partial charge in [0.25, 0.3) is 0 Å². The lowest BCUT2D eigenvalue weighted by Crippen LogP contribution is -2.19. The van der Waals surface area contributed by atoms with Crippen LogP contribution in [0.2, 0.25) is 0 Å². The van der Waals surface area contributed by atoms with Crippen LogP contribution in [-0.4, -0.2) is 6.54 Å². The molecular weight excluding hydrogens is 314 g/mol. The van der Waals surface area contributed by atoms with Crippen molar-refractivity contribution in [1.29, 1.82) is 0 Å². The average molecular weight is 334 g/mol. The molecule has 3 heteroatoms. The second-order valence-corrected chi connectivity index (χ2v) is 5.69. The molecule has 2 nitrogen and oxygen atoms in total. The van der Waals surface area contributed by atoms with Crippen LogP contribution in [0.1, 0.15) is 31.9 Å². The van der Waals surface area contributed by atoms with Gasteiger partial charge in [-0.3, -0.25) is 0 Å². The van der Waals surface area contributed by atoms with Gasteiger partial charge in [0.15, 0.2) is 0 Å². The monoisotopic (exact) mass is 333 g/mol. The summed E-state index contributed by atoms with van der Waals surface area (Å²) in [7, 11) is 0. The molecule has 0 radical (unpaired) electrons. The quantitative estimate of drug-likeness (QED) is 0.774. The molecular formula is C17H20BrNO. The standard InChI is InChI=1S/C17H20BrNO/c1-3-11-19-13(2)16-9-4-5-10-17(16)20-15-8-6-7-14(18)12-15/h4-10,12-13,19H,3,11H2,1-2H3. The minimum Gasteiger partial charge on any atom is -0.457 e. The second-order valence-electron chi connectivity index (χ2n) is 4.77. The van der Waals surface area contributed by atoms with Crippen molar-refractivity contribution in [2.24, 2.45) is 0 Å². The lowest BCUT2D eigenvalue weighted by Gasteiger charge is -2.18. The third-order valence-corrected chi connectivity index (χ3v) is 3.60. The third-order valence-electron chi connectivity index (χ3n) is 3.11. The first-order chi connectivity index (χ1) is 9.70. The first-order valence-corrected chi connectivity index (χ1v) is 7.75. The number of rotatable bonds is 6. The topological polar surface area (TPSA) is 21.3 Å². The summed E-state index contributed by atoms with van der Waals surface area (Å²) in [5.41, 5.74) is 1.18. The Labute approximate surface area is 129 Å². The van der Waals surface area contributed by atoms with E-state index in [1.807, 2.05) is 42.5 Å². The van der Waals surface area contributed by atoms with E-state index in [1.165, 1.54) is 5.56 Å². The predicted molar refractivity (Wildman–Crippen MR) is 87.4 cm³/mol. The van der Waals surface area contributed by atoms with Crippen molar-refractivity contribution in [3.8, 4) is 11.5 Å². The van der Waals surface area contributed by atoms with Crippen LogP contribution in [-0.2, 0) is 0 Å². The Hall–Kier alpha value is -1.32. The summed E-state index contributed by atoms with van der Waals surface area (Å²) in [5, 5.41) is 3.50. The van der Waals surface area contributed by atoms with E-state index in [0.717, 1.165) is 28.9 Å². The molecule has 2 rings (SSSR count). The molecule has 1 unspecified atom stereocenters. The maximum Gasteiger partial charge on any atom is 0.132 e. The first kappa shape index (κ1) is 15.1. The Morgan fingerprint density at radius 1 is 1.15 bits per heavy atom. The highest BCUT2D eigenvalue weighted by Gasteiger charge is 2.11. The molecule has 0 aliphatic carbocycles. The number of hydrogen-bond donors (Lipinski definition) is 1. The summed E-state index contributed by atoms with van der Waals surface area (Å²) >= 11 is 3.46. The van der Waals surface area contributed by atoms with Crippen molar-refractivity contribution in [3.05, 3.63) is 58.6 Å². The minimum absolute atomic E-state index is 0.276. The molecule has 0 bridgehead atoms. The maximum atomic E-state index is 6.02.